The molecule has 0 N–H and O–H groups in total. The van der Waals surface area contributed by atoms with E-state index in [0.29, 0.717) is 13.1 Å². The molecule has 0 amide bonds. The molecule has 0 atom stereocenters. The predicted molar refractivity (Wildman–Crippen MR) is 76.5 cm³/mol. The monoisotopic (exact) mass is 366 g/mol. The average molecular weight is 368 g/mol. The molecule has 0 radical (unpaired) electrons. The van der Waals surface area contributed by atoms with Crippen molar-refractivity contribution in [2.24, 2.45) is 0 Å². The van der Waals surface area contributed by atoms with Gasteiger partial charge < -0.3 is 0 Å². The molecule has 0 fully saturated rings. The van der Waals surface area contributed by atoms with Crippen molar-refractivity contribution in [1.29, 1.82) is 0 Å². The summed E-state index contributed by atoms with van der Waals surface area (Å²) in [6, 6.07) is 1.53. The Labute approximate surface area is 117 Å². The molecule has 1 aromatic rings. The number of nitrogens with zero attached hydrogens (tertiary/aromatic N) is 2. The van der Waals surface area contributed by atoms with E-state index in [9.17, 15) is 9.59 Å². The van der Waals surface area contributed by atoms with E-state index >= 15 is 0 Å². The van der Waals surface area contributed by atoms with Gasteiger partial charge in [0.1, 0.15) is 0 Å². The van der Waals surface area contributed by atoms with E-state index < -0.39 is 0 Å². The van der Waals surface area contributed by atoms with Gasteiger partial charge in [0.25, 0.3) is 5.56 Å². The molecular weight excluding hydrogens is 352 g/mol. The Morgan fingerprint density at radius 1 is 1.06 bits per heavy atom. The largest absolute Gasteiger partial charge is 0.331 e. The SMILES string of the molecule is Cc1cc(=O)n(CCCBr)c(=O)n1CCCBr. The molecule has 6 heteroatoms. The molecule has 1 aromatic heterocycles. The van der Waals surface area contributed by atoms with Crippen LogP contribution < -0.4 is 11.2 Å². The van der Waals surface area contributed by atoms with Crippen molar-refractivity contribution < 1.29 is 0 Å². The fourth-order valence-electron chi connectivity index (χ4n) is 1.64. The van der Waals surface area contributed by atoms with Gasteiger partial charge in [0.05, 0.1) is 0 Å². The second kappa shape index (κ2) is 7.16. The van der Waals surface area contributed by atoms with E-state index in [1.165, 1.54) is 10.6 Å². The topological polar surface area (TPSA) is 44.0 Å². The van der Waals surface area contributed by atoms with E-state index in [1.54, 1.807) is 11.5 Å². The Hall–Kier alpha value is -0.360. The van der Waals surface area contributed by atoms with Crippen LogP contribution in [0.2, 0.25) is 0 Å². The summed E-state index contributed by atoms with van der Waals surface area (Å²) in [5.74, 6) is 0. The van der Waals surface area contributed by atoms with Crippen LogP contribution in [0.1, 0.15) is 18.5 Å². The highest BCUT2D eigenvalue weighted by Crippen LogP contribution is 1.97. The Bertz CT molecular complexity index is 479. The molecule has 1 heterocycles. The van der Waals surface area contributed by atoms with Crippen LogP contribution in [-0.4, -0.2) is 19.8 Å². The number of hydrogen-bond acceptors (Lipinski definition) is 2. The minimum absolute atomic E-state index is 0.197. The molecule has 17 heavy (non-hydrogen) atoms. The normalized spacial score (nSPS) is 10.8. The Morgan fingerprint density at radius 2 is 1.59 bits per heavy atom. The molecular formula is C11H16Br2N2O2. The zero-order valence-electron chi connectivity index (χ0n) is 9.79. The van der Waals surface area contributed by atoms with Gasteiger partial charge in [0.2, 0.25) is 0 Å². The number of alkyl halides is 2. The minimum Gasteiger partial charge on any atom is -0.298 e. The summed E-state index contributed by atoms with van der Waals surface area (Å²) in [6.07, 6.45) is 1.65. The lowest BCUT2D eigenvalue weighted by molar-refractivity contribution is 0.533. The third-order valence-electron chi connectivity index (χ3n) is 2.52. The summed E-state index contributed by atoms with van der Waals surface area (Å²) in [6.45, 7) is 2.91. The van der Waals surface area contributed by atoms with E-state index in [4.69, 9.17) is 0 Å². The van der Waals surface area contributed by atoms with Crippen LogP contribution in [0.4, 0.5) is 0 Å². The number of aromatic nitrogens is 2. The van der Waals surface area contributed by atoms with E-state index in [2.05, 4.69) is 31.9 Å². The molecule has 0 saturated carbocycles. The van der Waals surface area contributed by atoms with Gasteiger partial charge in [0.15, 0.2) is 0 Å². The molecule has 0 saturated heterocycles. The molecule has 4 nitrogen and oxygen atoms in total. The second-order valence-electron chi connectivity index (χ2n) is 3.79. The molecule has 0 aliphatic carbocycles. The van der Waals surface area contributed by atoms with Crippen molar-refractivity contribution >= 4 is 31.9 Å². The van der Waals surface area contributed by atoms with Crippen molar-refractivity contribution in [2.45, 2.75) is 32.9 Å². The van der Waals surface area contributed by atoms with Gasteiger partial charge in [-0.2, -0.15) is 0 Å². The Balaban J connectivity index is 3.13. The summed E-state index contributed by atoms with van der Waals surface area (Å²) in [5.41, 5.74) is 0.330. The summed E-state index contributed by atoms with van der Waals surface area (Å²) in [7, 11) is 0. The molecule has 0 spiro atoms. The highest BCUT2D eigenvalue weighted by molar-refractivity contribution is 9.09. The number of halogens is 2. The van der Waals surface area contributed by atoms with Crippen LogP contribution in [0.5, 0.6) is 0 Å². The van der Waals surface area contributed by atoms with Gasteiger partial charge in [0, 0.05) is 35.5 Å². The molecule has 0 bridgehead atoms. The van der Waals surface area contributed by atoms with Crippen molar-refractivity contribution in [3.8, 4) is 0 Å². The second-order valence-corrected chi connectivity index (χ2v) is 5.38. The molecule has 0 aromatic carbocycles. The van der Waals surface area contributed by atoms with E-state index in [0.717, 1.165) is 29.2 Å². The fourth-order valence-corrected chi connectivity index (χ4v) is 2.14. The highest BCUT2D eigenvalue weighted by Gasteiger charge is 2.07. The number of aryl methyl sites for hydroxylation is 1. The smallest absolute Gasteiger partial charge is 0.298 e. The summed E-state index contributed by atoms with van der Waals surface area (Å²) in [4.78, 5) is 23.8. The summed E-state index contributed by atoms with van der Waals surface area (Å²) >= 11 is 6.64. The first-order valence-corrected chi connectivity index (χ1v) is 7.79. The maximum absolute atomic E-state index is 12.1. The van der Waals surface area contributed by atoms with Gasteiger partial charge in [-0.15, -0.1) is 0 Å². The fraction of sp³-hybridized carbons (Fsp3) is 0.636. The van der Waals surface area contributed by atoms with Crippen molar-refractivity contribution in [3.63, 3.8) is 0 Å². The van der Waals surface area contributed by atoms with Crippen LogP contribution in [0, 0.1) is 6.92 Å². The predicted octanol–water partition coefficient (Wildman–Crippen LogP) is 1.89. The Morgan fingerprint density at radius 3 is 2.12 bits per heavy atom. The summed E-state index contributed by atoms with van der Waals surface area (Å²) in [5, 5.41) is 1.63. The van der Waals surface area contributed by atoms with Crippen LogP contribution in [0.15, 0.2) is 15.7 Å². The van der Waals surface area contributed by atoms with Crippen molar-refractivity contribution in [3.05, 3.63) is 32.6 Å². The molecule has 1 rings (SSSR count). The maximum atomic E-state index is 12.1. The average Bonchev–Trinajstić information content (AvgIpc) is 2.28. The molecule has 96 valence electrons. The van der Waals surface area contributed by atoms with Gasteiger partial charge in [-0.25, -0.2) is 4.79 Å². The number of hydrogen-bond donors (Lipinski definition) is 0. The zero-order chi connectivity index (χ0) is 12.8. The van der Waals surface area contributed by atoms with Crippen LogP contribution in [-0.2, 0) is 13.1 Å². The first-order chi connectivity index (χ1) is 8.11. The zero-order valence-corrected chi connectivity index (χ0v) is 13.0. The first-order valence-electron chi connectivity index (χ1n) is 5.55. The third-order valence-corrected chi connectivity index (χ3v) is 3.64. The van der Waals surface area contributed by atoms with Gasteiger partial charge in [-0.05, 0) is 19.8 Å². The molecule has 0 unspecified atom stereocenters. The quantitative estimate of drug-likeness (QED) is 0.720. The van der Waals surface area contributed by atoms with Gasteiger partial charge in [-0.1, -0.05) is 31.9 Å². The van der Waals surface area contributed by atoms with E-state index in [-0.39, 0.29) is 11.2 Å². The van der Waals surface area contributed by atoms with Crippen LogP contribution >= 0.6 is 31.9 Å². The van der Waals surface area contributed by atoms with Gasteiger partial charge in [-0.3, -0.25) is 13.9 Å². The molecule has 0 aliphatic heterocycles. The van der Waals surface area contributed by atoms with Gasteiger partial charge >= 0.3 is 5.69 Å². The van der Waals surface area contributed by atoms with Crippen molar-refractivity contribution in [2.75, 3.05) is 10.7 Å². The van der Waals surface area contributed by atoms with Crippen LogP contribution in [0.3, 0.4) is 0 Å². The number of rotatable bonds is 6. The lowest BCUT2D eigenvalue weighted by atomic mass is 10.3. The lowest BCUT2D eigenvalue weighted by Crippen LogP contribution is -2.40. The minimum atomic E-state index is -0.205. The highest BCUT2D eigenvalue weighted by atomic mass is 79.9. The standard InChI is InChI=1S/C11H16Br2N2O2/c1-9-8-10(16)15(7-3-5-13)11(17)14(9)6-2-4-12/h8H,2-7H2,1H3. The third kappa shape index (κ3) is 3.81. The first kappa shape index (κ1) is 14.7. The van der Waals surface area contributed by atoms with E-state index in [1.807, 2.05) is 0 Å². The maximum Gasteiger partial charge on any atom is 0.331 e. The Kier molecular flexibility index (Phi) is 6.19. The summed E-state index contributed by atoms with van der Waals surface area (Å²) < 4.78 is 2.97. The molecule has 0 aliphatic rings. The van der Waals surface area contributed by atoms with Crippen LogP contribution in [0.25, 0.3) is 0 Å². The van der Waals surface area contributed by atoms with Crippen molar-refractivity contribution in [1.82, 2.24) is 9.13 Å². The lowest BCUT2D eigenvalue weighted by Gasteiger charge is -2.12.